The number of quaternary nitrogens is 1. The van der Waals surface area contributed by atoms with Crippen LogP contribution in [0.1, 0.15) is 213 Å². The minimum atomic E-state index is -4.65. The molecule has 9 nitrogen and oxygen atoms in total. The zero-order valence-corrected chi connectivity index (χ0v) is 51.4. The highest BCUT2D eigenvalue weighted by Crippen LogP contribution is 2.38. The maximum Gasteiger partial charge on any atom is 0.306 e. The first-order valence-electron chi connectivity index (χ1n) is 30.7. The van der Waals surface area contributed by atoms with Gasteiger partial charge in [0.1, 0.15) is 19.8 Å². The number of unbranched alkanes of at least 4 members (excludes halogenated alkanes) is 14. The fourth-order valence-electron chi connectivity index (χ4n) is 7.56. The summed E-state index contributed by atoms with van der Waals surface area (Å²) in [7, 11) is 1.13. The number of carbonyl (C=O) groups is 2. The van der Waals surface area contributed by atoms with E-state index in [0.717, 1.165) is 148 Å². The molecule has 0 aromatic heterocycles. The summed E-state index contributed by atoms with van der Waals surface area (Å²) >= 11 is 0. The molecule has 0 fully saturated rings. The lowest BCUT2D eigenvalue weighted by Crippen LogP contribution is -2.37. The first-order valence-corrected chi connectivity index (χ1v) is 32.2. The van der Waals surface area contributed by atoms with Crippen molar-refractivity contribution in [3.8, 4) is 0 Å². The van der Waals surface area contributed by atoms with E-state index in [1.807, 2.05) is 21.1 Å². The largest absolute Gasteiger partial charge is 0.756 e. The summed E-state index contributed by atoms with van der Waals surface area (Å²) in [5.74, 6) is -0.875. The Morgan fingerprint density at radius 3 is 1.08 bits per heavy atom. The minimum absolute atomic E-state index is 0.0436. The second kappa shape index (κ2) is 58.3. The number of likely N-dealkylation sites (N-methyl/N-ethyl adjacent to an activating group) is 1. The molecule has 0 N–H and O–H groups in total. The smallest absolute Gasteiger partial charge is 0.306 e. The molecule has 2 atom stereocenters. The highest BCUT2D eigenvalue weighted by atomic mass is 31.2. The van der Waals surface area contributed by atoms with E-state index < -0.39 is 32.5 Å². The molecule has 0 saturated heterocycles. The molecule has 0 saturated carbocycles. The summed E-state index contributed by atoms with van der Waals surface area (Å²) in [5, 5.41) is 0. The van der Waals surface area contributed by atoms with Gasteiger partial charge < -0.3 is 27.9 Å². The topological polar surface area (TPSA) is 111 Å². The molecule has 0 spiro atoms. The average molecular weight is 1110 g/mol. The number of nitrogens with zero attached hydrogens (tertiary/aromatic N) is 1. The summed E-state index contributed by atoms with van der Waals surface area (Å²) < 4.78 is 34.1. The highest BCUT2D eigenvalue weighted by molar-refractivity contribution is 7.45. The van der Waals surface area contributed by atoms with Crippen LogP contribution in [0.15, 0.2) is 158 Å². The molecule has 0 aromatic rings. The van der Waals surface area contributed by atoms with Gasteiger partial charge in [-0.15, -0.1) is 0 Å². The standard InChI is InChI=1S/C69H112NO8P/c1-6-8-10-12-14-16-18-20-22-23-24-25-26-27-28-29-30-31-32-33-34-35-36-37-38-39-40-41-42-43-44-45-46-47-48-50-52-54-56-58-60-62-69(72)78-67(66-77-79(73,74)76-64-63-70(3,4)5)65-75-68(71)61-59-57-55-53-51-49-21-19-17-15-13-11-9-7-2/h8,10,13-16,19-22,24-25,27-28,30-31,33-34,36-37,39-40,42-43,45-46,67H,6-7,9,11-12,17-18,23,26,29,32,35,38,41,44,47-66H2,1-5H3/b10-8-,15-13-,16-14-,21-19-,22-20-,25-24-,28-27-,31-30-,34-33-,37-36-,40-39-,43-42-,46-45-. The minimum Gasteiger partial charge on any atom is -0.756 e. The third-order valence-electron chi connectivity index (χ3n) is 12.3. The van der Waals surface area contributed by atoms with E-state index in [4.69, 9.17) is 18.5 Å². The van der Waals surface area contributed by atoms with Crippen molar-refractivity contribution in [2.45, 2.75) is 219 Å². The normalized spacial score (nSPS) is 14.4. The first-order chi connectivity index (χ1) is 38.5. The zero-order chi connectivity index (χ0) is 57.7. The summed E-state index contributed by atoms with van der Waals surface area (Å²) in [6, 6.07) is 0. The van der Waals surface area contributed by atoms with Crippen molar-refractivity contribution in [2.24, 2.45) is 0 Å². The third kappa shape index (κ3) is 62.7. The highest BCUT2D eigenvalue weighted by Gasteiger charge is 2.21. The van der Waals surface area contributed by atoms with Gasteiger partial charge in [0.2, 0.25) is 0 Å². The summed E-state index contributed by atoms with van der Waals surface area (Å²) in [4.78, 5) is 37.8. The van der Waals surface area contributed by atoms with Crippen molar-refractivity contribution in [3.63, 3.8) is 0 Å². The van der Waals surface area contributed by atoms with Crippen LogP contribution in [0.5, 0.6) is 0 Å². The number of hydrogen-bond acceptors (Lipinski definition) is 8. The van der Waals surface area contributed by atoms with Crippen molar-refractivity contribution >= 4 is 19.8 Å². The average Bonchev–Trinajstić information content (AvgIpc) is 3.41. The predicted molar refractivity (Wildman–Crippen MR) is 337 cm³/mol. The molecule has 0 aliphatic rings. The monoisotopic (exact) mass is 1110 g/mol. The van der Waals surface area contributed by atoms with E-state index >= 15 is 0 Å². The Bertz CT molecular complexity index is 1890. The second-order valence-corrected chi connectivity index (χ2v) is 22.4. The van der Waals surface area contributed by atoms with E-state index in [9.17, 15) is 19.0 Å². The van der Waals surface area contributed by atoms with Crippen LogP contribution in [0.4, 0.5) is 0 Å². The second-order valence-electron chi connectivity index (χ2n) is 21.0. The Balaban J connectivity index is 4.14. The lowest BCUT2D eigenvalue weighted by molar-refractivity contribution is -0.870. The molecular formula is C69H112NO8P. The lowest BCUT2D eigenvalue weighted by atomic mass is 10.1. The number of esters is 2. The van der Waals surface area contributed by atoms with Gasteiger partial charge in [0.05, 0.1) is 27.7 Å². The van der Waals surface area contributed by atoms with Crippen molar-refractivity contribution in [1.29, 1.82) is 0 Å². The van der Waals surface area contributed by atoms with Gasteiger partial charge in [-0.1, -0.05) is 236 Å². The van der Waals surface area contributed by atoms with Gasteiger partial charge in [-0.3, -0.25) is 14.2 Å². The van der Waals surface area contributed by atoms with Gasteiger partial charge in [-0.2, -0.15) is 0 Å². The van der Waals surface area contributed by atoms with Crippen LogP contribution in [0.2, 0.25) is 0 Å². The summed E-state index contributed by atoms with van der Waals surface area (Å²) in [6.45, 7) is 4.02. The van der Waals surface area contributed by atoms with E-state index in [2.05, 4.69) is 172 Å². The first kappa shape index (κ1) is 74.6. The maximum absolute atomic E-state index is 12.8. The zero-order valence-electron chi connectivity index (χ0n) is 50.5. The number of ether oxygens (including phenoxy) is 2. The fourth-order valence-corrected chi connectivity index (χ4v) is 8.29. The van der Waals surface area contributed by atoms with Gasteiger partial charge in [0.15, 0.2) is 6.10 Å². The van der Waals surface area contributed by atoms with Gasteiger partial charge in [-0.05, 0) is 122 Å². The third-order valence-corrected chi connectivity index (χ3v) is 13.2. The molecule has 0 radical (unpaired) electrons. The van der Waals surface area contributed by atoms with E-state index in [-0.39, 0.29) is 26.1 Å². The molecule has 10 heteroatoms. The molecule has 0 aromatic carbocycles. The van der Waals surface area contributed by atoms with E-state index in [1.54, 1.807) is 0 Å². The Kier molecular flexibility index (Phi) is 55.1. The Morgan fingerprint density at radius 2 is 0.722 bits per heavy atom. The van der Waals surface area contributed by atoms with Crippen molar-refractivity contribution < 1.29 is 42.1 Å². The van der Waals surface area contributed by atoms with Crippen molar-refractivity contribution in [3.05, 3.63) is 158 Å². The summed E-state index contributed by atoms with van der Waals surface area (Å²) in [5.41, 5.74) is 0. The van der Waals surface area contributed by atoms with Crippen molar-refractivity contribution in [2.75, 3.05) is 47.5 Å². The molecule has 0 amide bonds. The molecule has 0 heterocycles. The lowest BCUT2D eigenvalue weighted by Gasteiger charge is -2.28. The van der Waals surface area contributed by atoms with Crippen LogP contribution in [-0.4, -0.2) is 70.0 Å². The predicted octanol–water partition coefficient (Wildman–Crippen LogP) is 19.0. The van der Waals surface area contributed by atoms with Crippen LogP contribution < -0.4 is 4.89 Å². The molecule has 0 rings (SSSR count). The number of hydrogen-bond donors (Lipinski definition) is 0. The Hall–Kier alpha value is -4.37. The van der Waals surface area contributed by atoms with Crippen LogP contribution in [0, 0.1) is 0 Å². The number of rotatable bonds is 54. The number of carbonyl (C=O) groups excluding carboxylic acids is 2. The molecule has 0 aliphatic heterocycles. The summed E-state index contributed by atoms with van der Waals surface area (Å²) in [6.07, 6.45) is 87.3. The molecule has 0 bridgehead atoms. The van der Waals surface area contributed by atoms with E-state index in [1.165, 1.54) is 25.7 Å². The van der Waals surface area contributed by atoms with Crippen LogP contribution >= 0.6 is 7.82 Å². The Morgan fingerprint density at radius 1 is 0.405 bits per heavy atom. The number of phosphoric ester groups is 1. The fraction of sp³-hybridized carbons (Fsp3) is 0.594. The molecule has 0 aliphatic carbocycles. The van der Waals surface area contributed by atoms with Crippen LogP contribution in [0.3, 0.4) is 0 Å². The maximum atomic E-state index is 12.8. The van der Waals surface area contributed by atoms with Crippen LogP contribution in [0.25, 0.3) is 0 Å². The molecule has 2 unspecified atom stereocenters. The van der Waals surface area contributed by atoms with Gasteiger partial charge in [-0.25, -0.2) is 0 Å². The van der Waals surface area contributed by atoms with Gasteiger partial charge >= 0.3 is 11.9 Å². The number of allylic oxidation sites excluding steroid dienone is 26. The van der Waals surface area contributed by atoms with E-state index in [0.29, 0.717) is 23.9 Å². The number of phosphoric acid groups is 1. The van der Waals surface area contributed by atoms with Crippen molar-refractivity contribution in [1.82, 2.24) is 0 Å². The molecule has 79 heavy (non-hydrogen) atoms. The SMILES string of the molecule is CC/C=C\C/C=C\C/C=C\C/C=C\C/C=C\C/C=C\C/C=C\C/C=C\C/C=C\C/C=C\C/C=C\CCCCCCCCCC(=O)OC(COC(=O)CCCCCCC/C=C\C/C=C\CCCC)COP(=O)([O-])OCC[N+](C)(C)C. The van der Waals surface area contributed by atoms with Gasteiger partial charge in [0, 0.05) is 12.8 Å². The molecular weight excluding hydrogens is 1000 g/mol. The van der Waals surface area contributed by atoms with Gasteiger partial charge in [0.25, 0.3) is 7.82 Å². The molecule has 446 valence electrons. The Labute approximate surface area is 484 Å². The quantitative estimate of drug-likeness (QED) is 0.0195. The van der Waals surface area contributed by atoms with Crippen LogP contribution in [-0.2, 0) is 32.7 Å².